The molecule has 2 heterocycles. The molecule has 0 fully saturated rings. The van der Waals surface area contributed by atoms with Gasteiger partial charge in [-0.25, -0.2) is 9.78 Å². The molecular weight excluding hydrogens is 485 g/mol. The third-order valence-corrected chi connectivity index (χ3v) is 6.05. The van der Waals surface area contributed by atoms with Gasteiger partial charge >= 0.3 is 5.69 Å². The maximum atomic E-state index is 13.2. The number of H-pyrrole nitrogens is 1. The minimum absolute atomic E-state index is 0.105. The molecule has 170 valence electrons. The topological polar surface area (TPSA) is 99.6 Å². The van der Waals surface area contributed by atoms with Crippen molar-refractivity contribution in [1.29, 1.82) is 5.26 Å². The van der Waals surface area contributed by atoms with Crippen LogP contribution >= 0.6 is 34.8 Å². The predicted molar refractivity (Wildman–Crippen MR) is 129 cm³/mol. The summed E-state index contributed by atoms with van der Waals surface area (Å²) >= 11 is 18.5. The van der Waals surface area contributed by atoms with Crippen LogP contribution in [0.3, 0.4) is 0 Å². The fourth-order valence-corrected chi connectivity index (χ4v) is 4.37. The van der Waals surface area contributed by atoms with Crippen molar-refractivity contribution in [3.63, 3.8) is 0 Å². The Morgan fingerprint density at radius 3 is 2.61 bits per heavy atom. The molecule has 2 N–H and O–H groups in total. The minimum Gasteiger partial charge on any atom is -0.389 e. The number of hydrogen-bond donors (Lipinski definition) is 2. The quantitative estimate of drug-likeness (QED) is 0.395. The zero-order chi connectivity index (χ0) is 23.9. The molecule has 0 unspecified atom stereocenters. The number of aromatic amines is 1. The lowest BCUT2D eigenvalue weighted by molar-refractivity contribution is 0.0596. The van der Waals surface area contributed by atoms with Crippen LogP contribution in [0.25, 0.3) is 11.0 Å². The van der Waals surface area contributed by atoms with Crippen molar-refractivity contribution < 1.29 is 5.11 Å². The van der Waals surface area contributed by atoms with Gasteiger partial charge in [-0.2, -0.15) is 5.26 Å². The molecule has 4 rings (SSSR count). The average molecular weight is 505 g/mol. The van der Waals surface area contributed by atoms with Gasteiger partial charge in [-0.3, -0.25) is 9.13 Å². The van der Waals surface area contributed by atoms with Crippen molar-refractivity contribution >= 4 is 45.8 Å². The smallest absolute Gasteiger partial charge is 0.328 e. The second-order valence-corrected chi connectivity index (χ2v) is 9.71. The molecule has 0 saturated heterocycles. The van der Waals surface area contributed by atoms with Gasteiger partial charge in [0.1, 0.15) is 17.4 Å². The Kier molecular flexibility index (Phi) is 6.30. The van der Waals surface area contributed by atoms with Gasteiger partial charge in [-0.05, 0) is 43.7 Å². The van der Waals surface area contributed by atoms with Gasteiger partial charge < -0.3 is 10.1 Å². The van der Waals surface area contributed by atoms with Crippen LogP contribution in [0, 0.1) is 11.3 Å². The third-order valence-electron chi connectivity index (χ3n) is 5.14. The Hall–Kier alpha value is -2.76. The molecule has 0 bridgehead atoms. The number of nitrogens with one attached hydrogen (secondary N) is 1. The summed E-state index contributed by atoms with van der Waals surface area (Å²) in [6, 6.07) is 10.6. The van der Waals surface area contributed by atoms with E-state index in [2.05, 4.69) is 16.0 Å². The van der Waals surface area contributed by atoms with E-state index in [0.717, 1.165) is 5.56 Å². The van der Waals surface area contributed by atoms with E-state index in [1.54, 1.807) is 44.3 Å². The molecule has 10 heteroatoms. The molecule has 0 aliphatic carbocycles. The second kappa shape index (κ2) is 8.88. The van der Waals surface area contributed by atoms with E-state index < -0.39 is 5.60 Å². The highest BCUT2D eigenvalue weighted by molar-refractivity contribution is 6.35. The fourth-order valence-electron chi connectivity index (χ4n) is 3.70. The Morgan fingerprint density at radius 1 is 1.18 bits per heavy atom. The molecule has 0 spiro atoms. The van der Waals surface area contributed by atoms with E-state index in [1.807, 2.05) is 6.07 Å². The van der Waals surface area contributed by atoms with Crippen LogP contribution in [0.5, 0.6) is 0 Å². The summed E-state index contributed by atoms with van der Waals surface area (Å²) in [4.78, 5) is 20.9. The lowest BCUT2D eigenvalue weighted by atomic mass is 10.1. The zero-order valence-corrected chi connectivity index (χ0v) is 20.1. The van der Waals surface area contributed by atoms with Crippen molar-refractivity contribution in [1.82, 2.24) is 19.1 Å². The highest BCUT2D eigenvalue weighted by Gasteiger charge is 2.21. The van der Waals surface area contributed by atoms with Crippen molar-refractivity contribution in [2.45, 2.75) is 39.0 Å². The van der Waals surface area contributed by atoms with E-state index in [0.29, 0.717) is 44.0 Å². The summed E-state index contributed by atoms with van der Waals surface area (Å²) in [6.45, 7) is 3.54. The van der Waals surface area contributed by atoms with Crippen LogP contribution in [0.2, 0.25) is 15.1 Å². The predicted octanol–water partition coefficient (Wildman–Crippen LogP) is 4.77. The van der Waals surface area contributed by atoms with Crippen LogP contribution < -0.4 is 5.69 Å². The molecule has 33 heavy (non-hydrogen) atoms. The Bertz CT molecular complexity index is 1450. The molecule has 0 aliphatic heterocycles. The highest BCUT2D eigenvalue weighted by Crippen LogP contribution is 2.25. The number of rotatable bonds is 6. The number of fused-ring (bicyclic) bond motifs is 1. The van der Waals surface area contributed by atoms with Gasteiger partial charge in [0.25, 0.3) is 0 Å². The number of halogens is 3. The molecular formula is C23H20Cl3N5O2. The van der Waals surface area contributed by atoms with Gasteiger partial charge in [-0.1, -0.05) is 40.9 Å². The summed E-state index contributed by atoms with van der Waals surface area (Å²) in [7, 11) is 0. The molecule has 0 radical (unpaired) electrons. The van der Waals surface area contributed by atoms with Gasteiger partial charge in [0, 0.05) is 28.4 Å². The van der Waals surface area contributed by atoms with Crippen LogP contribution in [-0.4, -0.2) is 29.8 Å². The lowest BCUT2D eigenvalue weighted by Crippen LogP contribution is -2.34. The molecule has 0 atom stereocenters. The van der Waals surface area contributed by atoms with Gasteiger partial charge in [0.2, 0.25) is 0 Å². The van der Waals surface area contributed by atoms with Crippen LogP contribution in [0.15, 0.2) is 41.3 Å². The summed E-state index contributed by atoms with van der Waals surface area (Å²) in [5.74, 6) is 0.502. The Balaban J connectivity index is 1.75. The Morgan fingerprint density at radius 2 is 1.94 bits per heavy atom. The first-order valence-corrected chi connectivity index (χ1v) is 11.2. The summed E-state index contributed by atoms with van der Waals surface area (Å²) in [6.07, 6.45) is 2.10. The van der Waals surface area contributed by atoms with E-state index in [4.69, 9.17) is 34.8 Å². The first-order chi connectivity index (χ1) is 15.6. The van der Waals surface area contributed by atoms with Gasteiger partial charge in [-0.15, -0.1) is 0 Å². The summed E-state index contributed by atoms with van der Waals surface area (Å²) in [5, 5.41) is 21.1. The fraction of sp³-hybridized carbons (Fsp3) is 0.261. The number of imidazole rings is 2. The third kappa shape index (κ3) is 4.94. The van der Waals surface area contributed by atoms with Crippen molar-refractivity contribution in [3.8, 4) is 6.07 Å². The standard InChI is InChI=1S/C23H20Cl3N5O2/c1-23(2,33)12-31-15(7-13-3-4-14(24)8-18(13)26)10-30(22(31)32)11-20-28-19-6-5-17(25)16(9-27)21(19)29-20/h3-6,8,10,33H,7,11-12H2,1-2H3,(H,28,29). The van der Waals surface area contributed by atoms with E-state index in [1.165, 1.54) is 9.13 Å². The average Bonchev–Trinajstić information content (AvgIpc) is 3.25. The monoisotopic (exact) mass is 503 g/mol. The van der Waals surface area contributed by atoms with E-state index in [-0.39, 0.29) is 24.3 Å². The van der Waals surface area contributed by atoms with Crippen molar-refractivity contribution in [2.24, 2.45) is 0 Å². The maximum Gasteiger partial charge on any atom is 0.328 e. The molecule has 2 aromatic carbocycles. The molecule has 2 aromatic heterocycles. The van der Waals surface area contributed by atoms with Gasteiger partial charge in [0.15, 0.2) is 0 Å². The summed E-state index contributed by atoms with van der Waals surface area (Å²) in [5.41, 5.74) is 1.48. The molecule has 7 nitrogen and oxygen atoms in total. The normalized spacial score (nSPS) is 11.8. The van der Waals surface area contributed by atoms with Crippen molar-refractivity contribution in [3.05, 3.63) is 84.7 Å². The summed E-state index contributed by atoms with van der Waals surface area (Å²) < 4.78 is 3.04. The van der Waals surface area contributed by atoms with E-state index in [9.17, 15) is 15.2 Å². The van der Waals surface area contributed by atoms with E-state index >= 15 is 0 Å². The number of benzene rings is 2. The zero-order valence-electron chi connectivity index (χ0n) is 17.9. The lowest BCUT2D eigenvalue weighted by Gasteiger charge is -2.19. The van der Waals surface area contributed by atoms with Crippen LogP contribution in [-0.2, 0) is 19.5 Å². The number of nitriles is 1. The van der Waals surface area contributed by atoms with Crippen molar-refractivity contribution in [2.75, 3.05) is 0 Å². The SMILES string of the molecule is CC(C)(O)Cn1c(Cc2ccc(Cl)cc2Cl)cn(Cc2nc3c(C#N)c(Cl)ccc3[nH]2)c1=O. The van der Waals surface area contributed by atoms with Crippen LogP contribution in [0.1, 0.15) is 36.5 Å². The first-order valence-electron chi connectivity index (χ1n) is 10.1. The highest BCUT2D eigenvalue weighted by atomic mass is 35.5. The number of aromatic nitrogens is 4. The molecule has 0 amide bonds. The maximum absolute atomic E-state index is 13.2. The largest absolute Gasteiger partial charge is 0.389 e. The molecule has 4 aromatic rings. The number of hydrogen-bond acceptors (Lipinski definition) is 4. The first kappa shape index (κ1) is 23.4. The van der Waals surface area contributed by atoms with Crippen LogP contribution in [0.4, 0.5) is 0 Å². The molecule has 0 saturated carbocycles. The van der Waals surface area contributed by atoms with Gasteiger partial charge in [0.05, 0.1) is 34.8 Å². The number of nitrogens with zero attached hydrogens (tertiary/aromatic N) is 4. The second-order valence-electron chi connectivity index (χ2n) is 8.46. The molecule has 0 aliphatic rings. The Labute approximate surface area is 204 Å². The number of aliphatic hydroxyl groups is 1. The minimum atomic E-state index is -1.10.